The zero-order chi connectivity index (χ0) is 22.5. The molecule has 3 aromatic rings. The van der Waals surface area contributed by atoms with E-state index in [9.17, 15) is 10.2 Å². The predicted molar refractivity (Wildman–Crippen MR) is 119 cm³/mol. The van der Waals surface area contributed by atoms with Crippen molar-refractivity contribution in [3.05, 3.63) is 5.82 Å². The summed E-state index contributed by atoms with van der Waals surface area (Å²) in [6.07, 6.45) is 3.03. The summed E-state index contributed by atoms with van der Waals surface area (Å²) in [4.78, 5) is 9.35. The summed E-state index contributed by atoms with van der Waals surface area (Å²) in [7, 11) is 0. The lowest BCUT2D eigenvalue weighted by atomic mass is 9.99. The summed E-state index contributed by atoms with van der Waals surface area (Å²) in [6.45, 7) is 5.04. The van der Waals surface area contributed by atoms with Crippen LogP contribution in [0.1, 0.15) is 57.8 Å². The van der Waals surface area contributed by atoms with E-state index in [1.54, 1.807) is 16.4 Å². The van der Waals surface area contributed by atoms with Crippen molar-refractivity contribution >= 4 is 28.7 Å². The van der Waals surface area contributed by atoms with Gasteiger partial charge in [0.2, 0.25) is 0 Å². The Morgan fingerprint density at radius 2 is 2.03 bits per heavy atom. The van der Waals surface area contributed by atoms with Crippen LogP contribution in [0.2, 0.25) is 0 Å². The van der Waals surface area contributed by atoms with Crippen LogP contribution in [0.25, 0.3) is 11.2 Å². The maximum absolute atomic E-state index is 10.8. The summed E-state index contributed by atoms with van der Waals surface area (Å²) in [5.41, 5.74) is 1.16. The van der Waals surface area contributed by atoms with Crippen molar-refractivity contribution in [2.24, 2.45) is 5.92 Å². The fourth-order valence-electron chi connectivity index (χ4n) is 4.03. The first-order chi connectivity index (χ1) is 15.6. The third-order valence-electron chi connectivity index (χ3n) is 5.77. The topological polar surface area (TPSA) is 163 Å². The second-order valence-corrected chi connectivity index (χ2v) is 9.16. The summed E-state index contributed by atoms with van der Waals surface area (Å²) < 4.78 is 1.65. The minimum Gasteiger partial charge on any atom is -0.390 e. The average molecular weight is 463 g/mol. The van der Waals surface area contributed by atoms with Gasteiger partial charge in [-0.25, -0.2) is 14.6 Å². The molecule has 0 aromatic carbocycles. The van der Waals surface area contributed by atoms with Crippen molar-refractivity contribution in [2.45, 2.75) is 75.8 Å². The lowest BCUT2D eigenvalue weighted by molar-refractivity contribution is 0.00352. The van der Waals surface area contributed by atoms with Gasteiger partial charge < -0.3 is 15.5 Å². The Kier molecular flexibility index (Phi) is 7.48. The number of fused-ring (bicyclic) bond motifs is 1. The number of aryl methyl sites for hydroxylation is 1. The minimum absolute atomic E-state index is 0.120. The first-order valence-corrected chi connectivity index (χ1v) is 12.2. The molecule has 1 saturated carbocycles. The zero-order valence-electron chi connectivity index (χ0n) is 18.3. The SMILES string of the molecule is CCCCNc1nc(SCCC)nc2c1nnn2C1CC(CCc2nn[nH]n2)[C@@H](O)C1O. The molecule has 13 heteroatoms. The van der Waals surface area contributed by atoms with Crippen LogP contribution >= 0.6 is 11.8 Å². The van der Waals surface area contributed by atoms with Crippen LogP contribution in [0.4, 0.5) is 5.82 Å². The highest BCUT2D eigenvalue weighted by molar-refractivity contribution is 7.99. The molecule has 0 amide bonds. The Labute approximate surface area is 190 Å². The first kappa shape index (κ1) is 22.8. The van der Waals surface area contributed by atoms with E-state index in [1.807, 2.05) is 0 Å². The molecule has 4 N–H and O–H groups in total. The molecule has 1 fully saturated rings. The smallest absolute Gasteiger partial charge is 0.191 e. The van der Waals surface area contributed by atoms with Crippen LogP contribution in [0.5, 0.6) is 0 Å². The van der Waals surface area contributed by atoms with E-state index in [2.05, 4.69) is 55.1 Å². The number of aromatic nitrogens is 9. The fraction of sp³-hybridized carbons (Fsp3) is 0.737. The summed E-state index contributed by atoms with van der Waals surface area (Å²) >= 11 is 1.59. The number of hydrogen-bond acceptors (Lipinski definition) is 11. The summed E-state index contributed by atoms with van der Waals surface area (Å²) in [5, 5.41) is 48.1. The molecule has 4 atom stereocenters. The van der Waals surface area contributed by atoms with Gasteiger partial charge in [0, 0.05) is 18.7 Å². The van der Waals surface area contributed by atoms with Crippen LogP contribution in [0.15, 0.2) is 5.16 Å². The number of nitrogens with zero attached hydrogens (tertiary/aromatic N) is 8. The molecule has 3 unspecified atom stereocenters. The van der Waals surface area contributed by atoms with Gasteiger partial charge in [-0.15, -0.1) is 15.3 Å². The highest BCUT2D eigenvalue weighted by Crippen LogP contribution is 2.39. The third-order valence-corrected chi connectivity index (χ3v) is 6.83. The molecule has 12 nitrogen and oxygen atoms in total. The number of anilines is 1. The zero-order valence-corrected chi connectivity index (χ0v) is 19.2. The number of tetrazole rings is 1. The maximum atomic E-state index is 10.8. The lowest BCUT2D eigenvalue weighted by Gasteiger charge is -2.17. The Balaban J connectivity index is 1.59. The number of nitrogens with one attached hydrogen (secondary N) is 2. The molecule has 0 bridgehead atoms. The highest BCUT2D eigenvalue weighted by Gasteiger charge is 2.43. The number of aliphatic hydroxyl groups excluding tert-OH is 2. The Morgan fingerprint density at radius 3 is 2.78 bits per heavy atom. The van der Waals surface area contributed by atoms with Crippen molar-refractivity contribution in [1.29, 1.82) is 0 Å². The number of unbranched alkanes of at least 4 members (excludes halogenated alkanes) is 1. The number of aromatic amines is 1. The standard InChI is InChI=1S/C19H30N10O2S/c1-3-5-8-20-17-14-18(22-19(21-17)32-9-4-2)29(28-25-14)12-10-11(15(30)16(12)31)6-7-13-23-26-27-24-13/h11-12,15-16,30-31H,3-10H2,1-2H3,(H,20,21,22)(H,23,24,26,27)/t11?,12?,15-,16?/m1/s1. The van der Waals surface area contributed by atoms with Crippen molar-refractivity contribution < 1.29 is 10.2 Å². The van der Waals surface area contributed by atoms with Crippen molar-refractivity contribution in [3.63, 3.8) is 0 Å². The molecule has 3 heterocycles. The van der Waals surface area contributed by atoms with Crippen molar-refractivity contribution in [1.82, 2.24) is 45.6 Å². The monoisotopic (exact) mass is 462 g/mol. The van der Waals surface area contributed by atoms with Gasteiger partial charge in [0.1, 0.15) is 6.10 Å². The molecule has 32 heavy (non-hydrogen) atoms. The van der Waals surface area contributed by atoms with E-state index < -0.39 is 18.2 Å². The molecule has 174 valence electrons. The molecule has 4 rings (SSSR count). The lowest BCUT2D eigenvalue weighted by Crippen LogP contribution is -2.30. The van der Waals surface area contributed by atoms with Crippen LogP contribution in [0.3, 0.4) is 0 Å². The van der Waals surface area contributed by atoms with Gasteiger partial charge in [0.05, 0.1) is 12.1 Å². The highest BCUT2D eigenvalue weighted by atomic mass is 32.2. The van der Waals surface area contributed by atoms with Gasteiger partial charge in [-0.3, -0.25) is 0 Å². The Hall–Kier alpha value is -2.38. The Morgan fingerprint density at radius 1 is 1.16 bits per heavy atom. The molecule has 1 aliphatic carbocycles. The van der Waals surface area contributed by atoms with Gasteiger partial charge in [-0.05, 0) is 31.6 Å². The average Bonchev–Trinajstić information content (AvgIpc) is 3.52. The first-order valence-electron chi connectivity index (χ1n) is 11.2. The van der Waals surface area contributed by atoms with E-state index in [-0.39, 0.29) is 5.92 Å². The molecule has 1 aliphatic rings. The third kappa shape index (κ3) is 4.84. The van der Waals surface area contributed by atoms with Gasteiger partial charge in [-0.1, -0.05) is 42.5 Å². The molecular formula is C19H30N10O2S. The van der Waals surface area contributed by atoms with E-state index in [0.717, 1.165) is 31.6 Å². The summed E-state index contributed by atoms with van der Waals surface area (Å²) in [6, 6.07) is -0.423. The second kappa shape index (κ2) is 10.5. The fourth-order valence-corrected chi connectivity index (χ4v) is 4.72. The molecule has 0 spiro atoms. The van der Waals surface area contributed by atoms with Crippen molar-refractivity contribution in [2.75, 3.05) is 17.6 Å². The minimum atomic E-state index is -0.964. The van der Waals surface area contributed by atoms with Crippen LogP contribution in [0, 0.1) is 5.92 Å². The molecule has 0 aliphatic heterocycles. The van der Waals surface area contributed by atoms with Gasteiger partial charge >= 0.3 is 0 Å². The maximum Gasteiger partial charge on any atom is 0.191 e. The van der Waals surface area contributed by atoms with Gasteiger partial charge in [-0.2, -0.15) is 5.21 Å². The van der Waals surface area contributed by atoms with Crippen LogP contribution < -0.4 is 5.32 Å². The number of aliphatic hydroxyl groups is 2. The molecule has 0 radical (unpaired) electrons. The number of hydrogen-bond donors (Lipinski definition) is 4. The predicted octanol–water partition coefficient (Wildman–Crippen LogP) is 1.36. The van der Waals surface area contributed by atoms with Gasteiger partial charge in [0.25, 0.3) is 0 Å². The molecule has 3 aromatic heterocycles. The molecular weight excluding hydrogens is 432 g/mol. The van der Waals surface area contributed by atoms with Gasteiger partial charge in [0.15, 0.2) is 28.0 Å². The molecule has 0 saturated heterocycles. The van der Waals surface area contributed by atoms with Crippen LogP contribution in [-0.4, -0.2) is 80.3 Å². The Bertz CT molecular complexity index is 998. The quantitative estimate of drug-likeness (QED) is 0.185. The van der Waals surface area contributed by atoms with E-state index in [0.29, 0.717) is 47.2 Å². The van der Waals surface area contributed by atoms with E-state index in [1.165, 1.54) is 0 Å². The number of rotatable bonds is 11. The number of H-pyrrole nitrogens is 1. The van der Waals surface area contributed by atoms with Crippen LogP contribution in [-0.2, 0) is 6.42 Å². The van der Waals surface area contributed by atoms with E-state index >= 15 is 0 Å². The number of thioether (sulfide) groups is 1. The van der Waals surface area contributed by atoms with E-state index in [4.69, 9.17) is 4.98 Å². The normalized spacial score (nSPS) is 23.2. The van der Waals surface area contributed by atoms with Crippen molar-refractivity contribution in [3.8, 4) is 0 Å². The summed E-state index contributed by atoms with van der Waals surface area (Å²) in [5.74, 6) is 2.04. The second-order valence-electron chi connectivity index (χ2n) is 8.10. The largest absolute Gasteiger partial charge is 0.390 e.